The van der Waals surface area contributed by atoms with Crippen LogP contribution in [0.2, 0.25) is 0 Å². The maximum absolute atomic E-state index is 13.1. The number of azo groups is 1. The summed E-state index contributed by atoms with van der Waals surface area (Å²) in [5, 5.41) is 22.1. The first-order valence-electron chi connectivity index (χ1n) is 10.7. The van der Waals surface area contributed by atoms with Crippen molar-refractivity contribution < 1.29 is 23.1 Å². The van der Waals surface area contributed by atoms with Gasteiger partial charge in [0.25, 0.3) is 5.91 Å². The Morgan fingerprint density at radius 1 is 1.08 bits per heavy atom. The third kappa shape index (κ3) is 5.35. The Morgan fingerprint density at radius 3 is 2.42 bits per heavy atom. The summed E-state index contributed by atoms with van der Waals surface area (Å²) in [4.78, 5) is 13.0. The molecule has 186 valence electrons. The van der Waals surface area contributed by atoms with E-state index in [-0.39, 0.29) is 27.6 Å². The minimum atomic E-state index is -3.75. The van der Waals surface area contributed by atoms with Gasteiger partial charge in [0.05, 0.1) is 17.6 Å². The van der Waals surface area contributed by atoms with Crippen molar-refractivity contribution in [1.82, 2.24) is 4.72 Å². The van der Waals surface area contributed by atoms with E-state index in [1.54, 1.807) is 12.1 Å². The number of methoxy groups -OCH3 is 1. The standard InChI is InChI=1S/C26H26N4O5S/c1-6-17-14-20(26(32)28-21-11-9-8-10-16(21)3)25(31)24(19(17)7-2)30-29-22-15-18(36(33,34)27-4)12-13-23(22)35-5/h6-15,27,31H,1-2H2,3-5H3,(H,28,32). The lowest BCUT2D eigenvalue weighted by atomic mass is 9.99. The molecule has 0 unspecified atom stereocenters. The fraction of sp³-hybridized carbons (Fsp3) is 0.115. The zero-order valence-corrected chi connectivity index (χ0v) is 20.9. The van der Waals surface area contributed by atoms with Crippen LogP contribution in [0.4, 0.5) is 17.1 Å². The molecule has 0 saturated heterocycles. The second-order valence-corrected chi connectivity index (χ2v) is 9.43. The van der Waals surface area contributed by atoms with Gasteiger partial charge in [0.15, 0.2) is 5.75 Å². The van der Waals surface area contributed by atoms with Crippen molar-refractivity contribution in [3.8, 4) is 11.5 Å². The van der Waals surface area contributed by atoms with Gasteiger partial charge in [-0.1, -0.05) is 43.5 Å². The van der Waals surface area contributed by atoms with Crippen LogP contribution in [-0.4, -0.2) is 33.6 Å². The lowest BCUT2D eigenvalue weighted by Crippen LogP contribution is -2.18. The molecule has 0 spiro atoms. The lowest BCUT2D eigenvalue weighted by Gasteiger charge is -2.14. The van der Waals surface area contributed by atoms with Crippen molar-refractivity contribution >= 4 is 45.1 Å². The minimum Gasteiger partial charge on any atom is -0.505 e. The molecule has 36 heavy (non-hydrogen) atoms. The Bertz CT molecular complexity index is 1480. The van der Waals surface area contributed by atoms with Crippen LogP contribution in [0, 0.1) is 6.92 Å². The molecule has 0 aliphatic heterocycles. The molecule has 0 aliphatic rings. The summed E-state index contributed by atoms with van der Waals surface area (Å²) in [5.41, 5.74) is 2.32. The number of hydrogen-bond donors (Lipinski definition) is 3. The normalized spacial score (nSPS) is 11.3. The summed E-state index contributed by atoms with van der Waals surface area (Å²) in [6.07, 6.45) is 2.95. The van der Waals surface area contributed by atoms with E-state index >= 15 is 0 Å². The van der Waals surface area contributed by atoms with Crippen LogP contribution in [0.25, 0.3) is 12.2 Å². The average Bonchev–Trinajstić information content (AvgIpc) is 2.88. The van der Waals surface area contributed by atoms with Crippen molar-refractivity contribution in [3.63, 3.8) is 0 Å². The van der Waals surface area contributed by atoms with Crippen molar-refractivity contribution in [2.24, 2.45) is 10.2 Å². The van der Waals surface area contributed by atoms with E-state index in [2.05, 4.69) is 33.4 Å². The molecule has 3 aromatic carbocycles. The number of nitrogens with zero attached hydrogens (tertiary/aromatic N) is 2. The lowest BCUT2D eigenvalue weighted by molar-refractivity contribution is 0.102. The smallest absolute Gasteiger partial charge is 0.259 e. The number of amides is 1. The molecule has 1 amide bonds. The summed E-state index contributed by atoms with van der Waals surface area (Å²) < 4.78 is 32.0. The van der Waals surface area contributed by atoms with Crippen LogP contribution >= 0.6 is 0 Å². The summed E-state index contributed by atoms with van der Waals surface area (Å²) in [7, 11) is -1.06. The highest BCUT2D eigenvalue weighted by Crippen LogP contribution is 2.40. The molecule has 10 heteroatoms. The van der Waals surface area contributed by atoms with Crippen LogP contribution in [0.1, 0.15) is 27.0 Å². The number of carbonyl (C=O) groups is 1. The molecule has 0 radical (unpaired) electrons. The molecule has 3 N–H and O–H groups in total. The van der Waals surface area contributed by atoms with E-state index in [9.17, 15) is 18.3 Å². The van der Waals surface area contributed by atoms with Crippen molar-refractivity contribution in [3.05, 3.63) is 83.9 Å². The van der Waals surface area contributed by atoms with Gasteiger partial charge in [-0.3, -0.25) is 4.79 Å². The number of para-hydroxylation sites is 1. The van der Waals surface area contributed by atoms with E-state index in [4.69, 9.17) is 4.74 Å². The first kappa shape index (κ1) is 26.3. The Labute approximate surface area is 209 Å². The van der Waals surface area contributed by atoms with Crippen molar-refractivity contribution in [2.75, 3.05) is 19.5 Å². The van der Waals surface area contributed by atoms with Gasteiger partial charge in [0.1, 0.15) is 17.1 Å². The number of nitrogens with one attached hydrogen (secondary N) is 2. The zero-order chi connectivity index (χ0) is 26.5. The van der Waals surface area contributed by atoms with Gasteiger partial charge >= 0.3 is 0 Å². The number of aromatic hydroxyl groups is 1. The van der Waals surface area contributed by atoms with Gasteiger partial charge in [0, 0.05) is 11.3 Å². The molecule has 3 rings (SSSR count). The number of anilines is 1. The average molecular weight is 507 g/mol. The quantitative estimate of drug-likeness (QED) is 0.327. The number of sulfonamides is 1. The predicted molar refractivity (Wildman–Crippen MR) is 141 cm³/mol. The Hall–Kier alpha value is -4.28. The molecule has 3 aromatic rings. The molecule has 0 atom stereocenters. The third-order valence-electron chi connectivity index (χ3n) is 5.39. The number of ether oxygens (including phenoxy) is 1. The SMILES string of the molecule is C=Cc1cc(C(=O)Nc2ccccc2C)c(O)c(N=Nc2cc(S(=O)(=O)NC)ccc2OC)c1C=C. The molecular weight excluding hydrogens is 480 g/mol. The van der Waals surface area contributed by atoms with Gasteiger partial charge in [-0.25, -0.2) is 13.1 Å². The second-order valence-electron chi connectivity index (χ2n) is 7.54. The van der Waals surface area contributed by atoms with Gasteiger partial charge < -0.3 is 15.2 Å². The van der Waals surface area contributed by atoms with Gasteiger partial charge in [-0.15, -0.1) is 10.2 Å². The largest absolute Gasteiger partial charge is 0.505 e. The number of carbonyl (C=O) groups excluding carboxylic acids is 1. The first-order valence-corrected chi connectivity index (χ1v) is 12.2. The van der Waals surface area contributed by atoms with Crippen LogP contribution in [0.5, 0.6) is 11.5 Å². The summed E-state index contributed by atoms with van der Waals surface area (Å²) in [5.74, 6) is -0.731. The molecule has 0 aromatic heterocycles. The van der Waals surface area contributed by atoms with Crippen LogP contribution < -0.4 is 14.8 Å². The van der Waals surface area contributed by atoms with E-state index < -0.39 is 21.7 Å². The van der Waals surface area contributed by atoms with E-state index in [0.717, 1.165) is 5.56 Å². The molecular formula is C26H26N4O5S. The Morgan fingerprint density at radius 2 is 1.81 bits per heavy atom. The third-order valence-corrected chi connectivity index (χ3v) is 6.81. The number of phenols is 1. The Balaban J connectivity index is 2.14. The van der Waals surface area contributed by atoms with Crippen molar-refractivity contribution in [1.29, 1.82) is 0 Å². The predicted octanol–water partition coefficient (Wildman–Crippen LogP) is 5.57. The maximum Gasteiger partial charge on any atom is 0.259 e. The highest BCUT2D eigenvalue weighted by Gasteiger charge is 2.21. The summed E-state index contributed by atoms with van der Waals surface area (Å²) in [6.45, 7) is 9.39. The summed E-state index contributed by atoms with van der Waals surface area (Å²) >= 11 is 0. The summed E-state index contributed by atoms with van der Waals surface area (Å²) in [6, 6.07) is 12.8. The number of phenolic OH excluding ortho intramolecular Hbond substituents is 1. The fourth-order valence-electron chi connectivity index (χ4n) is 3.39. The number of aryl methyl sites for hydroxylation is 1. The molecule has 0 aliphatic carbocycles. The van der Waals surface area contributed by atoms with Gasteiger partial charge in [-0.2, -0.15) is 0 Å². The highest BCUT2D eigenvalue weighted by molar-refractivity contribution is 7.89. The van der Waals surface area contributed by atoms with Gasteiger partial charge in [0.2, 0.25) is 10.0 Å². The van der Waals surface area contributed by atoms with Crippen LogP contribution in [0.3, 0.4) is 0 Å². The van der Waals surface area contributed by atoms with Crippen molar-refractivity contribution in [2.45, 2.75) is 11.8 Å². The number of hydrogen-bond acceptors (Lipinski definition) is 7. The van der Waals surface area contributed by atoms with E-state index in [1.165, 1.54) is 50.6 Å². The number of rotatable bonds is 9. The highest BCUT2D eigenvalue weighted by atomic mass is 32.2. The molecule has 0 bridgehead atoms. The zero-order valence-electron chi connectivity index (χ0n) is 20.1. The van der Waals surface area contributed by atoms with E-state index in [0.29, 0.717) is 16.8 Å². The second kappa shape index (κ2) is 11.0. The molecule has 9 nitrogen and oxygen atoms in total. The van der Waals surface area contributed by atoms with Crippen LogP contribution in [-0.2, 0) is 10.0 Å². The molecule has 0 fully saturated rings. The topological polar surface area (TPSA) is 129 Å². The van der Waals surface area contributed by atoms with Crippen LogP contribution in [0.15, 0.2) is 76.8 Å². The maximum atomic E-state index is 13.1. The van der Waals surface area contributed by atoms with Gasteiger partial charge in [-0.05, 0) is 55.4 Å². The van der Waals surface area contributed by atoms with E-state index in [1.807, 2.05) is 19.1 Å². The number of benzene rings is 3. The Kier molecular flexibility index (Phi) is 8.03. The fourth-order valence-corrected chi connectivity index (χ4v) is 4.14. The monoisotopic (exact) mass is 506 g/mol. The minimum absolute atomic E-state index is 0.0405. The molecule has 0 saturated carbocycles. The molecule has 0 heterocycles. The first-order chi connectivity index (χ1) is 17.2.